The number of esters is 1. The van der Waals surface area contributed by atoms with Crippen molar-refractivity contribution in [2.45, 2.75) is 63.1 Å². The van der Waals surface area contributed by atoms with Gasteiger partial charge < -0.3 is 9.47 Å². The number of alkyl halides is 6. The lowest BCUT2D eigenvalue weighted by Crippen LogP contribution is -2.32. The lowest BCUT2D eigenvalue weighted by atomic mass is 9.96. The fourth-order valence-electron chi connectivity index (χ4n) is 5.08. The van der Waals surface area contributed by atoms with Gasteiger partial charge in [0, 0.05) is 22.7 Å². The summed E-state index contributed by atoms with van der Waals surface area (Å²) in [6, 6.07) is 7.51. The third-order valence-corrected chi connectivity index (χ3v) is 7.54. The third kappa shape index (κ3) is 6.45. The minimum absolute atomic E-state index is 0.00511. The van der Waals surface area contributed by atoms with Crippen LogP contribution >= 0.6 is 0 Å². The van der Waals surface area contributed by atoms with Gasteiger partial charge in [0.15, 0.2) is 0 Å². The van der Waals surface area contributed by atoms with Gasteiger partial charge in [-0.05, 0) is 67.3 Å². The van der Waals surface area contributed by atoms with Gasteiger partial charge in [-0.3, -0.25) is 14.7 Å². The third-order valence-electron chi connectivity index (χ3n) is 7.54. The molecule has 2 aromatic carbocycles. The Balaban J connectivity index is 1.51. The zero-order chi connectivity index (χ0) is 31.3. The highest BCUT2D eigenvalue weighted by molar-refractivity contribution is 5.75. The van der Waals surface area contributed by atoms with Crippen LogP contribution in [-0.4, -0.2) is 35.1 Å². The second kappa shape index (κ2) is 11.2. The smallest absolute Gasteiger partial charge is 0.416 e. The average molecular weight is 611 g/mol. The average Bonchev–Trinajstić information content (AvgIpc) is 3.75. The molecule has 0 spiro atoms. The van der Waals surface area contributed by atoms with Gasteiger partial charge in [-0.15, -0.1) is 0 Å². The van der Waals surface area contributed by atoms with Gasteiger partial charge in [0.2, 0.25) is 0 Å². The lowest BCUT2D eigenvalue weighted by Gasteiger charge is -2.23. The molecule has 3 aromatic rings. The van der Waals surface area contributed by atoms with Crippen molar-refractivity contribution in [2.75, 3.05) is 7.11 Å². The highest BCUT2D eigenvalue weighted by Crippen LogP contribution is 2.43. The molecule has 1 amide bonds. The molecule has 1 saturated carbocycles. The summed E-state index contributed by atoms with van der Waals surface area (Å²) in [5.41, 5.74) is -1.71. The molecule has 13 heteroatoms. The van der Waals surface area contributed by atoms with E-state index in [-0.39, 0.29) is 36.2 Å². The number of ether oxygens (including phenoxy) is 2. The fraction of sp³-hybridized carbons (Fsp3) is 0.367. The molecule has 2 aliphatic rings. The standard InChI is InChI=1S/C30H25F7N2O4/c1-15-27(18-11-19(29(32,33)34)13-20(12-18)30(35,36)37)43-28(41)39(15)14-25-21(6-8-24(38-25)17-4-5-17)22-9-16(3-7-23(22)31)10-26(40)42-2/h3,6-9,11-13,15,17,27H,4-5,10,14H2,1-2H3/t15-,27-/m0/s1. The molecule has 0 N–H and O–H groups in total. The van der Waals surface area contributed by atoms with Gasteiger partial charge in [0.25, 0.3) is 0 Å². The molecule has 0 unspecified atom stereocenters. The Labute approximate surface area is 241 Å². The van der Waals surface area contributed by atoms with Crippen LogP contribution in [0.3, 0.4) is 0 Å². The molecule has 43 heavy (non-hydrogen) atoms. The number of rotatable bonds is 7. The molecule has 5 rings (SSSR count). The van der Waals surface area contributed by atoms with Crippen molar-refractivity contribution < 1.29 is 49.8 Å². The van der Waals surface area contributed by atoms with Crippen LogP contribution in [0.4, 0.5) is 35.5 Å². The highest BCUT2D eigenvalue weighted by atomic mass is 19.4. The molecule has 2 fully saturated rings. The second-order valence-electron chi connectivity index (χ2n) is 10.6. The van der Waals surface area contributed by atoms with E-state index in [2.05, 4.69) is 9.72 Å². The van der Waals surface area contributed by atoms with Crippen molar-refractivity contribution in [3.63, 3.8) is 0 Å². The van der Waals surface area contributed by atoms with Gasteiger partial charge >= 0.3 is 24.4 Å². The number of methoxy groups -OCH3 is 1. The van der Waals surface area contributed by atoms with E-state index in [0.717, 1.165) is 17.7 Å². The van der Waals surface area contributed by atoms with Crippen molar-refractivity contribution in [2.24, 2.45) is 0 Å². The summed E-state index contributed by atoms with van der Waals surface area (Å²) in [6.45, 7) is 1.17. The SMILES string of the molecule is COC(=O)Cc1ccc(F)c(-c2ccc(C3CC3)nc2CN2C(=O)O[C@H](c3cc(C(F)(F)F)cc(C(F)(F)F)c3)[C@@H]2C)c1. The summed E-state index contributed by atoms with van der Waals surface area (Å²) in [5.74, 6) is -0.998. The minimum Gasteiger partial charge on any atom is -0.469 e. The molecule has 228 valence electrons. The highest BCUT2D eigenvalue weighted by Gasteiger charge is 2.43. The van der Waals surface area contributed by atoms with E-state index in [1.54, 1.807) is 12.1 Å². The molecule has 1 aromatic heterocycles. The molecule has 1 saturated heterocycles. The number of carbonyl (C=O) groups is 2. The maximum absolute atomic E-state index is 15.1. The number of amides is 1. The lowest BCUT2D eigenvalue weighted by molar-refractivity contribution is -0.143. The summed E-state index contributed by atoms with van der Waals surface area (Å²) in [7, 11) is 1.22. The fourth-order valence-corrected chi connectivity index (χ4v) is 5.08. The predicted molar refractivity (Wildman–Crippen MR) is 138 cm³/mol. The number of aromatic nitrogens is 1. The number of nitrogens with zero attached hydrogens (tertiary/aromatic N) is 2. The molecule has 1 aliphatic carbocycles. The van der Waals surface area contributed by atoms with Crippen molar-refractivity contribution in [1.29, 1.82) is 0 Å². The topological polar surface area (TPSA) is 68.7 Å². The van der Waals surface area contributed by atoms with Crippen molar-refractivity contribution in [3.8, 4) is 11.1 Å². The first kappa shape index (κ1) is 30.3. The Kier molecular flexibility index (Phi) is 7.86. The number of benzene rings is 2. The summed E-state index contributed by atoms with van der Waals surface area (Å²) in [5, 5.41) is 0. The largest absolute Gasteiger partial charge is 0.469 e. The maximum Gasteiger partial charge on any atom is 0.416 e. The van der Waals surface area contributed by atoms with E-state index in [1.165, 1.54) is 32.2 Å². The summed E-state index contributed by atoms with van der Waals surface area (Å²) in [4.78, 5) is 30.6. The number of cyclic esters (lactones) is 1. The number of hydrogen-bond donors (Lipinski definition) is 0. The Morgan fingerprint density at radius 3 is 2.21 bits per heavy atom. The van der Waals surface area contributed by atoms with Crippen LogP contribution < -0.4 is 0 Å². The van der Waals surface area contributed by atoms with Crippen molar-refractivity contribution in [1.82, 2.24) is 9.88 Å². The predicted octanol–water partition coefficient (Wildman–Crippen LogP) is 7.60. The van der Waals surface area contributed by atoms with Gasteiger partial charge in [-0.2, -0.15) is 26.3 Å². The molecule has 1 aliphatic heterocycles. The molecule has 0 radical (unpaired) electrons. The van der Waals surface area contributed by atoms with Crippen LogP contribution in [0.5, 0.6) is 0 Å². The van der Waals surface area contributed by atoms with E-state index in [4.69, 9.17) is 4.74 Å². The molecule has 0 bridgehead atoms. The van der Waals surface area contributed by atoms with Crippen LogP contribution in [0.2, 0.25) is 0 Å². The van der Waals surface area contributed by atoms with Crippen molar-refractivity contribution in [3.05, 3.63) is 88.0 Å². The molecule has 2 heterocycles. The first-order valence-electron chi connectivity index (χ1n) is 13.3. The molecular weight excluding hydrogens is 585 g/mol. The van der Waals surface area contributed by atoms with E-state index in [1.807, 2.05) is 0 Å². The maximum atomic E-state index is 15.1. The van der Waals surface area contributed by atoms with Gasteiger partial charge in [-0.25, -0.2) is 9.18 Å². The molecule has 6 nitrogen and oxygen atoms in total. The number of hydrogen-bond acceptors (Lipinski definition) is 5. The summed E-state index contributed by atoms with van der Waals surface area (Å²) in [6.07, 6.45) is -10.9. The van der Waals surface area contributed by atoms with Crippen LogP contribution in [0.15, 0.2) is 48.5 Å². The van der Waals surface area contributed by atoms with Gasteiger partial charge in [0.05, 0.1) is 42.9 Å². The van der Waals surface area contributed by atoms with E-state index >= 15 is 4.39 Å². The van der Waals surface area contributed by atoms with Gasteiger partial charge in [0.1, 0.15) is 11.9 Å². The zero-order valence-electron chi connectivity index (χ0n) is 22.9. The Morgan fingerprint density at radius 2 is 1.63 bits per heavy atom. The van der Waals surface area contributed by atoms with Gasteiger partial charge in [-0.1, -0.05) is 12.1 Å². The minimum atomic E-state index is -5.07. The van der Waals surface area contributed by atoms with Crippen LogP contribution in [0.25, 0.3) is 11.1 Å². The van der Waals surface area contributed by atoms with Crippen molar-refractivity contribution >= 4 is 12.1 Å². The first-order valence-corrected chi connectivity index (χ1v) is 13.3. The quantitative estimate of drug-likeness (QED) is 0.204. The molecular formula is C30H25F7N2O4. The molecule has 2 atom stereocenters. The zero-order valence-corrected chi connectivity index (χ0v) is 22.9. The van der Waals surface area contributed by atoms with E-state index in [9.17, 15) is 35.9 Å². The summed E-state index contributed by atoms with van der Waals surface area (Å²) >= 11 is 0. The normalized spacial score (nSPS) is 19.0. The van der Waals surface area contributed by atoms with Crippen LogP contribution in [0.1, 0.15) is 65.4 Å². The first-order chi connectivity index (χ1) is 20.2. The van der Waals surface area contributed by atoms with Crippen LogP contribution in [0, 0.1) is 5.82 Å². The Morgan fingerprint density at radius 1 is 0.977 bits per heavy atom. The Hall–Kier alpha value is -4.16. The summed E-state index contributed by atoms with van der Waals surface area (Å²) < 4.78 is 106. The number of carbonyl (C=O) groups excluding carboxylic acids is 2. The monoisotopic (exact) mass is 610 g/mol. The van der Waals surface area contributed by atoms with Crippen LogP contribution in [-0.2, 0) is 39.6 Å². The number of pyridine rings is 1. The Bertz CT molecular complexity index is 1530. The van der Waals surface area contributed by atoms with E-state index < -0.39 is 59.1 Å². The van der Waals surface area contributed by atoms with E-state index in [0.29, 0.717) is 29.0 Å². The number of halogens is 7. The second-order valence-corrected chi connectivity index (χ2v) is 10.6.